The largest absolute Gasteiger partial charge is 0.479 e. The van der Waals surface area contributed by atoms with Gasteiger partial charge < -0.3 is 9.26 Å². The van der Waals surface area contributed by atoms with Crippen molar-refractivity contribution >= 4 is 21.4 Å². The third-order valence-electron chi connectivity index (χ3n) is 2.92. The van der Waals surface area contributed by atoms with E-state index in [1.54, 1.807) is 26.0 Å². The Morgan fingerprint density at radius 2 is 2.18 bits per heavy atom. The molecule has 0 radical (unpaired) electrons. The first kappa shape index (κ1) is 16.7. The average molecular weight is 346 g/mol. The number of aromatic nitrogens is 3. The van der Waals surface area contributed by atoms with Crippen LogP contribution in [0.25, 0.3) is 0 Å². The van der Waals surface area contributed by atoms with Crippen molar-refractivity contribution in [2.45, 2.75) is 26.4 Å². The van der Waals surface area contributed by atoms with E-state index in [9.17, 15) is 8.42 Å². The van der Waals surface area contributed by atoms with Crippen molar-refractivity contribution in [3.05, 3.63) is 35.2 Å². The smallest absolute Gasteiger partial charge is 0.267 e. The molecule has 1 atom stereocenters. The second kappa shape index (κ2) is 7.06. The van der Waals surface area contributed by atoms with Gasteiger partial charge in [0.05, 0.1) is 11.9 Å². The minimum absolute atomic E-state index is 0.00117. The Kier molecular flexibility index (Phi) is 5.36. The van der Waals surface area contributed by atoms with Crippen LogP contribution < -0.4 is 4.74 Å². The van der Waals surface area contributed by atoms with E-state index in [-0.39, 0.29) is 23.8 Å². The van der Waals surface area contributed by atoms with E-state index in [2.05, 4.69) is 15.1 Å². The maximum Gasteiger partial charge on any atom is 0.267 e. The van der Waals surface area contributed by atoms with E-state index < -0.39 is 15.9 Å². The number of ether oxygens (including phenoxy) is 1. The molecule has 2 aromatic heterocycles. The quantitative estimate of drug-likeness (QED) is 0.710. The highest BCUT2D eigenvalue weighted by Crippen LogP contribution is 2.20. The van der Waals surface area contributed by atoms with E-state index in [0.717, 1.165) is 0 Å². The maximum atomic E-state index is 11.5. The van der Waals surface area contributed by atoms with Crippen LogP contribution >= 0.6 is 11.6 Å². The van der Waals surface area contributed by atoms with Crippen LogP contribution in [0.15, 0.2) is 22.9 Å². The Morgan fingerprint density at radius 3 is 2.82 bits per heavy atom. The highest BCUT2D eigenvalue weighted by molar-refractivity contribution is 7.91. The predicted molar refractivity (Wildman–Crippen MR) is 80.6 cm³/mol. The van der Waals surface area contributed by atoms with Crippen LogP contribution in [0.3, 0.4) is 0 Å². The molecule has 0 aliphatic carbocycles. The molecule has 2 rings (SSSR count). The molecule has 22 heavy (non-hydrogen) atoms. The number of pyridine rings is 1. The van der Waals surface area contributed by atoms with E-state index in [4.69, 9.17) is 20.9 Å². The van der Waals surface area contributed by atoms with Crippen molar-refractivity contribution in [3.63, 3.8) is 0 Å². The number of hydrogen-bond donors (Lipinski definition) is 0. The van der Waals surface area contributed by atoms with Gasteiger partial charge in [-0.3, -0.25) is 0 Å². The Balaban J connectivity index is 1.96. The lowest BCUT2D eigenvalue weighted by molar-refractivity contribution is 0.175. The van der Waals surface area contributed by atoms with Crippen LogP contribution in [0.1, 0.15) is 31.7 Å². The summed E-state index contributed by atoms with van der Waals surface area (Å²) in [6.45, 7) is 3.35. The van der Waals surface area contributed by atoms with Crippen molar-refractivity contribution in [1.82, 2.24) is 15.1 Å². The van der Waals surface area contributed by atoms with Crippen LogP contribution in [0, 0.1) is 0 Å². The highest BCUT2D eigenvalue weighted by atomic mass is 35.5. The van der Waals surface area contributed by atoms with Gasteiger partial charge in [0.2, 0.25) is 0 Å². The molecule has 0 aromatic carbocycles. The summed E-state index contributed by atoms with van der Waals surface area (Å²) < 4.78 is 33.6. The number of rotatable bonds is 7. The van der Waals surface area contributed by atoms with Crippen molar-refractivity contribution in [2.75, 3.05) is 11.5 Å². The molecule has 2 heterocycles. The number of hydrogen-bond acceptors (Lipinski definition) is 7. The Hall–Kier alpha value is -1.67. The van der Waals surface area contributed by atoms with Crippen LogP contribution in [-0.4, -0.2) is 35.0 Å². The van der Waals surface area contributed by atoms with Gasteiger partial charge in [-0.2, -0.15) is 4.98 Å². The van der Waals surface area contributed by atoms with Gasteiger partial charge >= 0.3 is 0 Å². The molecule has 0 aliphatic rings. The summed E-state index contributed by atoms with van der Waals surface area (Å²) >= 11 is 5.70. The van der Waals surface area contributed by atoms with Crippen molar-refractivity contribution < 1.29 is 17.7 Å². The van der Waals surface area contributed by atoms with E-state index in [0.29, 0.717) is 16.7 Å². The first-order valence-electron chi connectivity index (χ1n) is 6.70. The van der Waals surface area contributed by atoms with Gasteiger partial charge in [0, 0.05) is 12.2 Å². The van der Waals surface area contributed by atoms with Gasteiger partial charge in [-0.15, -0.1) is 0 Å². The Morgan fingerprint density at radius 1 is 1.41 bits per heavy atom. The molecule has 0 spiro atoms. The molecule has 0 N–H and O–H groups in total. The molecule has 2 aromatic rings. The summed E-state index contributed by atoms with van der Waals surface area (Å²) in [5.74, 6) is 1.24. The summed E-state index contributed by atoms with van der Waals surface area (Å²) in [4.78, 5) is 8.05. The third-order valence-corrected chi connectivity index (χ3v) is 4.85. The first-order valence-corrected chi connectivity index (χ1v) is 8.90. The fourth-order valence-electron chi connectivity index (χ4n) is 1.61. The summed E-state index contributed by atoms with van der Waals surface area (Å²) in [5, 5.41) is 4.14. The summed E-state index contributed by atoms with van der Waals surface area (Å²) in [7, 11) is -3.05. The molecule has 7 nitrogen and oxygen atoms in total. The lowest BCUT2D eigenvalue weighted by Gasteiger charge is -2.09. The zero-order chi connectivity index (χ0) is 16.2. The molecule has 0 bridgehead atoms. The number of nitrogens with zero attached hydrogens (tertiary/aromatic N) is 3. The molecule has 0 aliphatic heterocycles. The Labute approximate surface area is 133 Å². The first-order chi connectivity index (χ1) is 10.4. The molecular weight excluding hydrogens is 330 g/mol. The van der Waals surface area contributed by atoms with E-state index >= 15 is 0 Å². The van der Waals surface area contributed by atoms with Gasteiger partial charge in [0.25, 0.3) is 5.89 Å². The molecule has 0 saturated carbocycles. The van der Waals surface area contributed by atoms with Gasteiger partial charge in [-0.25, -0.2) is 13.4 Å². The van der Waals surface area contributed by atoms with Crippen molar-refractivity contribution in [2.24, 2.45) is 0 Å². The third kappa shape index (κ3) is 4.67. The predicted octanol–water partition coefficient (Wildman–Crippen LogP) is 2.24. The zero-order valence-electron chi connectivity index (χ0n) is 12.2. The van der Waals surface area contributed by atoms with Crippen LogP contribution in [0.5, 0.6) is 5.75 Å². The van der Waals surface area contributed by atoms with Gasteiger partial charge in [0.15, 0.2) is 11.9 Å². The standard InChI is InChI=1S/C13H16ClN3O4S/c1-3-22(18,19)7-6-12-16-13(21-17-12)9(2)20-10-4-5-11(14)15-8-10/h4-5,8-9H,3,6-7H2,1-2H3/t9-/m0/s1. The normalized spacial score (nSPS) is 13.0. The van der Waals surface area contributed by atoms with E-state index in [1.807, 2.05) is 0 Å². The van der Waals surface area contributed by atoms with Crippen LogP contribution in [0.4, 0.5) is 0 Å². The minimum Gasteiger partial charge on any atom is -0.479 e. The van der Waals surface area contributed by atoms with E-state index in [1.165, 1.54) is 6.20 Å². The number of aryl methyl sites for hydroxylation is 1. The fourth-order valence-corrected chi connectivity index (χ4v) is 2.51. The lowest BCUT2D eigenvalue weighted by Crippen LogP contribution is -2.11. The SMILES string of the molecule is CCS(=O)(=O)CCc1noc([C@H](C)Oc2ccc(Cl)nc2)n1. The molecular formula is C13H16ClN3O4S. The minimum atomic E-state index is -3.05. The molecule has 120 valence electrons. The molecule has 0 fully saturated rings. The van der Waals surface area contributed by atoms with Crippen molar-refractivity contribution in [1.29, 1.82) is 0 Å². The Bertz CT molecular complexity index is 715. The molecule has 9 heteroatoms. The van der Waals surface area contributed by atoms with Crippen LogP contribution in [-0.2, 0) is 16.3 Å². The second-order valence-corrected chi connectivity index (χ2v) is 7.47. The number of sulfone groups is 1. The molecule has 0 saturated heterocycles. The van der Waals surface area contributed by atoms with Crippen LogP contribution in [0.2, 0.25) is 5.15 Å². The van der Waals surface area contributed by atoms with Gasteiger partial charge in [-0.1, -0.05) is 23.7 Å². The molecule has 0 unspecified atom stereocenters. The van der Waals surface area contributed by atoms with Gasteiger partial charge in [-0.05, 0) is 19.1 Å². The number of halogens is 1. The summed E-state index contributed by atoms with van der Waals surface area (Å²) in [5.41, 5.74) is 0. The maximum absolute atomic E-state index is 11.5. The van der Waals surface area contributed by atoms with Crippen molar-refractivity contribution in [3.8, 4) is 5.75 Å². The lowest BCUT2D eigenvalue weighted by atomic mass is 10.4. The van der Waals surface area contributed by atoms with Gasteiger partial charge in [0.1, 0.15) is 20.7 Å². The second-order valence-electron chi connectivity index (χ2n) is 4.61. The summed E-state index contributed by atoms with van der Waals surface area (Å²) in [6, 6.07) is 3.29. The zero-order valence-corrected chi connectivity index (χ0v) is 13.8. The monoisotopic (exact) mass is 345 g/mol. The summed E-state index contributed by atoms with van der Waals surface area (Å²) in [6.07, 6.45) is 1.23. The average Bonchev–Trinajstić information content (AvgIpc) is 2.97. The molecule has 0 amide bonds. The fraction of sp³-hybridized carbons (Fsp3) is 0.462. The highest BCUT2D eigenvalue weighted by Gasteiger charge is 2.17. The topological polar surface area (TPSA) is 95.2 Å².